The summed E-state index contributed by atoms with van der Waals surface area (Å²) in [4.78, 5) is 13.2. The molecule has 1 aromatic rings. The van der Waals surface area contributed by atoms with Crippen molar-refractivity contribution in [3.63, 3.8) is 0 Å². The average Bonchev–Trinajstić information content (AvgIpc) is 2.45. The van der Waals surface area contributed by atoms with E-state index in [1.807, 2.05) is 24.3 Å². The highest BCUT2D eigenvalue weighted by atomic mass is 35.5. The van der Waals surface area contributed by atoms with Gasteiger partial charge in [-0.1, -0.05) is 18.0 Å². The lowest BCUT2D eigenvalue weighted by Gasteiger charge is -2.25. The predicted octanol–water partition coefficient (Wildman–Crippen LogP) is 3.49. The van der Waals surface area contributed by atoms with E-state index >= 15 is 0 Å². The molecule has 1 saturated carbocycles. The second kappa shape index (κ2) is 9.57. The number of nitrogens with two attached hydrogens (primary N) is 1. The number of benzene rings is 1. The van der Waals surface area contributed by atoms with Crippen LogP contribution in [-0.2, 0) is 4.79 Å². The fraction of sp³-hybridized carbons (Fsp3) is 0.533. The molecule has 1 fully saturated rings. The van der Waals surface area contributed by atoms with Crippen LogP contribution >= 0.6 is 35.8 Å². The molecule has 1 aliphatic carbocycles. The Morgan fingerprint density at radius 3 is 2.71 bits per heavy atom. The molecular weight excluding hydrogens is 327 g/mol. The van der Waals surface area contributed by atoms with E-state index in [0.717, 1.165) is 36.5 Å². The van der Waals surface area contributed by atoms with Crippen molar-refractivity contribution >= 4 is 41.7 Å². The van der Waals surface area contributed by atoms with Gasteiger partial charge >= 0.3 is 0 Å². The highest BCUT2D eigenvalue weighted by Gasteiger charge is 2.24. The third-order valence-electron chi connectivity index (χ3n) is 3.57. The zero-order valence-corrected chi connectivity index (χ0v) is 14.3. The molecule has 6 heteroatoms. The van der Waals surface area contributed by atoms with Gasteiger partial charge in [0.25, 0.3) is 0 Å². The molecule has 1 amide bonds. The standard InChI is InChI=1S/C15H21ClN2OS.ClH/c16-12-4-6-14(7-5-12)20-9-8-18-15(19)11-2-1-3-13(17)10-11;/h4-7,11,13H,1-3,8-10,17H2,(H,18,19);1H. The average molecular weight is 349 g/mol. The van der Waals surface area contributed by atoms with E-state index in [-0.39, 0.29) is 30.3 Å². The van der Waals surface area contributed by atoms with E-state index < -0.39 is 0 Å². The molecule has 0 bridgehead atoms. The van der Waals surface area contributed by atoms with Crippen molar-refractivity contribution < 1.29 is 4.79 Å². The summed E-state index contributed by atoms with van der Waals surface area (Å²) in [6.45, 7) is 0.692. The predicted molar refractivity (Wildman–Crippen MR) is 92.4 cm³/mol. The summed E-state index contributed by atoms with van der Waals surface area (Å²) in [7, 11) is 0. The molecule has 118 valence electrons. The summed E-state index contributed by atoms with van der Waals surface area (Å²) in [6.07, 6.45) is 3.93. The molecule has 21 heavy (non-hydrogen) atoms. The summed E-state index contributed by atoms with van der Waals surface area (Å²) in [5, 5.41) is 3.76. The molecule has 0 aromatic heterocycles. The van der Waals surface area contributed by atoms with Gasteiger partial charge in [-0.15, -0.1) is 24.2 Å². The van der Waals surface area contributed by atoms with Crippen LogP contribution in [0.5, 0.6) is 0 Å². The van der Waals surface area contributed by atoms with Crippen LogP contribution in [0.1, 0.15) is 25.7 Å². The van der Waals surface area contributed by atoms with Crippen LogP contribution in [0, 0.1) is 5.92 Å². The van der Waals surface area contributed by atoms with Crippen LogP contribution in [0.15, 0.2) is 29.2 Å². The van der Waals surface area contributed by atoms with Crippen LogP contribution in [0.25, 0.3) is 0 Å². The van der Waals surface area contributed by atoms with Gasteiger partial charge in [0.15, 0.2) is 0 Å². The van der Waals surface area contributed by atoms with Crippen molar-refractivity contribution in [1.82, 2.24) is 5.32 Å². The highest BCUT2D eigenvalue weighted by Crippen LogP contribution is 2.23. The van der Waals surface area contributed by atoms with E-state index in [1.165, 1.54) is 4.90 Å². The number of rotatable bonds is 5. The maximum atomic E-state index is 12.0. The number of carbonyl (C=O) groups is 1. The molecule has 3 N–H and O–H groups in total. The Kier molecular flexibility index (Phi) is 8.49. The van der Waals surface area contributed by atoms with Gasteiger partial charge in [0, 0.05) is 34.2 Å². The maximum Gasteiger partial charge on any atom is 0.223 e. The molecule has 0 radical (unpaired) electrons. The van der Waals surface area contributed by atoms with Crippen LogP contribution in [0.4, 0.5) is 0 Å². The van der Waals surface area contributed by atoms with Crippen molar-refractivity contribution in [2.24, 2.45) is 11.7 Å². The van der Waals surface area contributed by atoms with Gasteiger partial charge in [0.2, 0.25) is 5.91 Å². The van der Waals surface area contributed by atoms with E-state index in [4.69, 9.17) is 17.3 Å². The molecule has 0 heterocycles. The second-order valence-electron chi connectivity index (χ2n) is 5.22. The number of thioether (sulfide) groups is 1. The molecule has 0 spiro atoms. The zero-order valence-electron chi connectivity index (χ0n) is 11.9. The minimum Gasteiger partial charge on any atom is -0.355 e. The Hall–Kier alpha value is -0.420. The SMILES string of the molecule is Cl.NC1CCCC(C(=O)NCCSc2ccc(Cl)cc2)C1. The first kappa shape index (κ1) is 18.6. The quantitative estimate of drug-likeness (QED) is 0.632. The molecule has 3 nitrogen and oxygen atoms in total. The van der Waals surface area contributed by atoms with Gasteiger partial charge in [-0.2, -0.15) is 0 Å². The summed E-state index contributed by atoms with van der Waals surface area (Å²) in [5.41, 5.74) is 5.91. The van der Waals surface area contributed by atoms with Crippen molar-refractivity contribution in [1.29, 1.82) is 0 Å². The smallest absolute Gasteiger partial charge is 0.223 e. The Morgan fingerprint density at radius 1 is 1.33 bits per heavy atom. The van der Waals surface area contributed by atoms with Crippen LogP contribution in [0.2, 0.25) is 5.02 Å². The van der Waals surface area contributed by atoms with Crippen molar-refractivity contribution in [3.8, 4) is 0 Å². The lowest BCUT2D eigenvalue weighted by Crippen LogP contribution is -2.38. The summed E-state index contributed by atoms with van der Waals surface area (Å²) < 4.78 is 0. The molecule has 2 rings (SSSR count). The Labute approximate surface area is 141 Å². The molecule has 2 atom stereocenters. The first-order valence-corrected chi connectivity index (χ1v) is 8.43. The second-order valence-corrected chi connectivity index (χ2v) is 6.82. The fourth-order valence-corrected chi connectivity index (χ4v) is 3.38. The van der Waals surface area contributed by atoms with Gasteiger partial charge in [-0.05, 0) is 43.5 Å². The largest absolute Gasteiger partial charge is 0.355 e. The first-order chi connectivity index (χ1) is 9.65. The zero-order chi connectivity index (χ0) is 14.4. The Bertz CT molecular complexity index is 442. The Morgan fingerprint density at radius 2 is 2.05 bits per heavy atom. The normalized spacial score (nSPS) is 21.4. The number of halogens is 2. The highest BCUT2D eigenvalue weighted by molar-refractivity contribution is 7.99. The van der Waals surface area contributed by atoms with Gasteiger partial charge in [0.05, 0.1) is 0 Å². The number of hydrogen-bond acceptors (Lipinski definition) is 3. The molecule has 0 saturated heterocycles. The number of hydrogen-bond donors (Lipinski definition) is 2. The summed E-state index contributed by atoms with van der Waals surface area (Å²) >= 11 is 7.56. The minimum atomic E-state index is 0. The maximum absolute atomic E-state index is 12.0. The summed E-state index contributed by atoms with van der Waals surface area (Å²) in [6, 6.07) is 7.95. The van der Waals surface area contributed by atoms with E-state index in [2.05, 4.69) is 5.32 Å². The van der Waals surface area contributed by atoms with E-state index in [0.29, 0.717) is 6.54 Å². The van der Waals surface area contributed by atoms with E-state index in [9.17, 15) is 4.79 Å². The Balaban J connectivity index is 0.00000220. The third-order valence-corrected chi connectivity index (χ3v) is 4.83. The fourth-order valence-electron chi connectivity index (χ4n) is 2.48. The van der Waals surface area contributed by atoms with Gasteiger partial charge in [-0.25, -0.2) is 0 Å². The van der Waals surface area contributed by atoms with Crippen molar-refractivity contribution in [2.45, 2.75) is 36.6 Å². The molecule has 1 aliphatic rings. The molecule has 1 aromatic carbocycles. The monoisotopic (exact) mass is 348 g/mol. The van der Waals surface area contributed by atoms with Gasteiger partial charge < -0.3 is 11.1 Å². The number of nitrogens with one attached hydrogen (secondary N) is 1. The number of amides is 1. The van der Waals surface area contributed by atoms with Crippen LogP contribution < -0.4 is 11.1 Å². The third kappa shape index (κ3) is 6.47. The van der Waals surface area contributed by atoms with Crippen LogP contribution in [-0.4, -0.2) is 24.2 Å². The van der Waals surface area contributed by atoms with Gasteiger partial charge in [-0.3, -0.25) is 4.79 Å². The summed E-state index contributed by atoms with van der Waals surface area (Å²) in [5.74, 6) is 1.14. The lowest BCUT2D eigenvalue weighted by molar-refractivity contribution is -0.125. The van der Waals surface area contributed by atoms with Gasteiger partial charge in [0.1, 0.15) is 0 Å². The number of carbonyl (C=O) groups excluding carboxylic acids is 1. The minimum absolute atomic E-state index is 0. The van der Waals surface area contributed by atoms with Crippen LogP contribution in [0.3, 0.4) is 0 Å². The molecule has 0 aliphatic heterocycles. The van der Waals surface area contributed by atoms with Crippen molar-refractivity contribution in [3.05, 3.63) is 29.3 Å². The van der Waals surface area contributed by atoms with Crippen molar-refractivity contribution in [2.75, 3.05) is 12.3 Å². The molecular formula is C15H22Cl2N2OS. The van der Waals surface area contributed by atoms with E-state index in [1.54, 1.807) is 11.8 Å². The first-order valence-electron chi connectivity index (χ1n) is 7.07. The lowest BCUT2D eigenvalue weighted by atomic mass is 9.85. The molecule has 2 unspecified atom stereocenters. The topological polar surface area (TPSA) is 55.1 Å².